The highest BCUT2D eigenvalue weighted by molar-refractivity contribution is 8.18. The van der Waals surface area contributed by atoms with Gasteiger partial charge < -0.3 is 9.47 Å². The second kappa shape index (κ2) is 10.9. The fraction of sp³-hybridized carbons (Fsp3) is 0.429. The van der Waals surface area contributed by atoms with E-state index in [-0.39, 0.29) is 4.91 Å². The van der Waals surface area contributed by atoms with Gasteiger partial charge in [-0.05, 0) is 47.7 Å². The Hall–Kier alpha value is -2.45. The Balaban J connectivity index is 1.51. The molecule has 0 atom stereocenters. The van der Waals surface area contributed by atoms with E-state index in [4.69, 9.17) is 4.74 Å². The van der Waals surface area contributed by atoms with E-state index in [0.29, 0.717) is 17.7 Å². The van der Waals surface area contributed by atoms with E-state index >= 15 is 0 Å². The molecule has 7 nitrogen and oxygen atoms in total. The van der Waals surface area contributed by atoms with Crippen LogP contribution in [0, 0.1) is 5.92 Å². The number of amides is 1. The SMILES string of the molecule is COC(=O)/C=C1/S/C(=N\N=Cc2cccc(COCC3CCCCC3)c2)NC1=O. The van der Waals surface area contributed by atoms with Crippen LogP contribution in [0.5, 0.6) is 0 Å². The number of nitrogens with zero attached hydrogens (tertiary/aromatic N) is 2. The molecule has 8 heteroatoms. The van der Waals surface area contributed by atoms with E-state index < -0.39 is 11.9 Å². The molecule has 154 valence electrons. The molecule has 0 spiro atoms. The average Bonchev–Trinajstić information content (AvgIpc) is 3.08. The Labute approximate surface area is 174 Å². The zero-order chi connectivity index (χ0) is 20.5. The van der Waals surface area contributed by atoms with Crippen molar-refractivity contribution < 1.29 is 19.1 Å². The number of esters is 1. The number of methoxy groups -OCH3 is 1. The fourth-order valence-corrected chi connectivity index (χ4v) is 3.99. The zero-order valence-corrected chi connectivity index (χ0v) is 17.2. The third kappa shape index (κ3) is 6.83. The van der Waals surface area contributed by atoms with Crippen molar-refractivity contribution in [2.75, 3.05) is 13.7 Å². The topological polar surface area (TPSA) is 89.3 Å². The van der Waals surface area contributed by atoms with Crippen LogP contribution in [-0.2, 0) is 25.7 Å². The summed E-state index contributed by atoms with van der Waals surface area (Å²) in [6, 6.07) is 7.92. The summed E-state index contributed by atoms with van der Waals surface area (Å²) in [4.78, 5) is 23.2. The quantitative estimate of drug-likeness (QED) is 0.319. The maximum absolute atomic E-state index is 11.8. The van der Waals surface area contributed by atoms with Crippen LogP contribution in [-0.4, -0.2) is 37.0 Å². The van der Waals surface area contributed by atoms with Gasteiger partial charge in [-0.25, -0.2) is 4.79 Å². The number of hydrogen-bond acceptors (Lipinski definition) is 7. The molecule has 1 saturated heterocycles. The van der Waals surface area contributed by atoms with Crippen molar-refractivity contribution in [3.63, 3.8) is 0 Å². The number of benzene rings is 1. The van der Waals surface area contributed by atoms with E-state index in [1.165, 1.54) is 39.2 Å². The number of amidine groups is 1. The minimum Gasteiger partial charge on any atom is -0.466 e. The van der Waals surface area contributed by atoms with Crippen LogP contribution >= 0.6 is 11.8 Å². The van der Waals surface area contributed by atoms with Gasteiger partial charge in [0.05, 0.1) is 24.8 Å². The van der Waals surface area contributed by atoms with Gasteiger partial charge in [0.1, 0.15) is 0 Å². The molecule has 2 fully saturated rings. The van der Waals surface area contributed by atoms with Crippen LogP contribution in [0.4, 0.5) is 0 Å². The number of thioether (sulfide) groups is 1. The lowest BCUT2D eigenvalue weighted by molar-refractivity contribution is -0.135. The zero-order valence-electron chi connectivity index (χ0n) is 16.4. The van der Waals surface area contributed by atoms with Crippen molar-refractivity contribution in [3.05, 3.63) is 46.4 Å². The van der Waals surface area contributed by atoms with Crippen molar-refractivity contribution in [1.82, 2.24) is 5.32 Å². The second-order valence-corrected chi connectivity index (χ2v) is 8.03. The van der Waals surface area contributed by atoms with Gasteiger partial charge in [-0.2, -0.15) is 5.10 Å². The Bertz CT molecular complexity index is 829. The fourth-order valence-electron chi connectivity index (χ4n) is 3.25. The second-order valence-electron chi connectivity index (χ2n) is 7.00. The van der Waals surface area contributed by atoms with E-state index in [1.54, 1.807) is 6.21 Å². The maximum atomic E-state index is 11.8. The van der Waals surface area contributed by atoms with Crippen LogP contribution in [0.15, 0.2) is 45.4 Å². The van der Waals surface area contributed by atoms with Crippen molar-refractivity contribution in [2.45, 2.75) is 38.7 Å². The molecule has 3 rings (SSSR count). The Morgan fingerprint density at radius 1 is 1.31 bits per heavy atom. The summed E-state index contributed by atoms with van der Waals surface area (Å²) in [5.41, 5.74) is 1.98. The predicted octanol–water partition coefficient (Wildman–Crippen LogP) is 3.39. The summed E-state index contributed by atoms with van der Waals surface area (Å²) in [5.74, 6) is -0.289. The van der Waals surface area contributed by atoms with E-state index in [0.717, 1.165) is 35.6 Å². The molecule has 0 bridgehead atoms. The molecule has 1 amide bonds. The molecule has 29 heavy (non-hydrogen) atoms. The summed E-state index contributed by atoms with van der Waals surface area (Å²) >= 11 is 1.04. The van der Waals surface area contributed by atoms with E-state index in [1.807, 2.05) is 24.3 Å². The van der Waals surface area contributed by atoms with E-state index in [2.05, 4.69) is 20.3 Å². The first-order chi connectivity index (χ1) is 14.1. The summed E-state index contributed by atoms with van der Waals surface area (Å²) in [6.45, 7) is 1.41. The normalized spacial score (nSPS) is 20.5. The lowest BCUT2D eigenvalue weighted by atomic mass is 9.90. The van der Waals surface area contributed by atoms with Gasteiger partial charge in [0.15, 0.2) is 5.17 Å². The first-order valence-corrected chi connectivity index (χ1v) is 10.5. The van der Waals surface area contributed by atoms with Crippen LogP contribution in [0.1, 0.15) is 43.2 Å². The average molecular weight is 416 g/mol. The predicted molar refractivity (Wildman–Crippen MR) is 114 cm³/mol. The van der Waals surface area contributed by atoms with Crippen molar-refractivity contribution in [1.29, 1.82) is 0 Å². The molecule has 1 aromatic carbocycles. The Kier molecular flexibility index (Phi) is 8.01. The summed E-state index contributed by atoms with van der Waals surface area (Å²) in [5, 5.41) is 10.9. The minimum absolute atomic E-state index is 0.225. The van der Waals surface area contributed by atoms with Crippen molar-refractivity contribution in [3.8, 4) is 0 Å². The van der Waals surface area contributed by atoms with Crippen LogP contribution in [0.2, 0.25) is 0 Å². The molecule has 0 radical (unpaired) electrons. The highest BCUT2D eigenvalue weighted by Gasteiger charge is 2.25. The van der Waals surface area contributed by atoms with Gasteiger partial charge in [0, 0.05) is 12.7 Å². The molecule has 0 aromatic heterocycles. The van der Waals surface area contributed by atoms with Crippen LogP contribution in [0.3, 0.4) is 0 Å². The van der Waals surface area contributed by atoms with Crippen LogP contribution in [0.25, 0.3) is 0 Å². The van der Waals surface area contributed by atoms with E-state index in [9.17, 15) is 9.59 Å². The number of ether oxygens (including phenoxy) is 2. The third-order valence-corrected chi connectivity index (χ3v) is 5.65. The largest absolute Gasteiger partial charge is 0.466 e. The van der Waals surface area contributed by atoms with Crippen molar-refractivity contribution >= 4 is 35.0 Å². The Morgan fingerprint density at radius 3 is 2.93 bits per heavy atom. The third-order valence-electron chi connectivity index (χ3n) is 4.75. The minimum atomic E-state index is -0.588. The highest BCUT2D eigenvalue weighted by Crippen LogP contribution is 2.24. The molecule has 1 heterocycles. The standard InChI is InChI=1S/C21H25N3O4S/c1-27-19(25)11-18-20(26)23-21(29-18)24-22-12-16-8-5-9-17(10-16)14-28-13-15-6-3-2-4-7-15/h5,8-12,15H,2-4,6-7,13-14H2,1H3,(H,23,24,26)/b18-11+,22-12?. The number of carbonyl (C=O) groups is 2. The number of carbonyl (C=O) groups excluding carboxylic acids is 2. The molecule has 1 saturated carbocycles. The molecule has 1 aromatic rings. The molecular weight excluding hydrogens is 390 g/mol. The maximum Gasteiger partial charge on any atom is 0.331 e. The lowest BCUT2D eigenvalue weighted by Gasteiger charge is -2.21. The summed E-state index contributed by atoms with van der Waals surface area (Å²) < 4.78 is 10.4. The lowest BCUT2D eigenvalue weighted by Crippen LogP contribution is -2.19. The number of rotatable bonds is 7. The van der Waals surface area contributed by atoms with Gasteiger partial charge in [-0.15, -0.1) is 5.10 Å². The molecular formula is C21H25N3O4S. The van der Waals surface area contributed by atoms with Crippen molar-refractivity contribution in [2.24, 2.45) is 16.1 Å². The molecule has 1 aliphatic heterocycles. The molecule has 1 aliphatic carbocycles. The van der Waals surface area contributed by atoms with Crippen LogP contribution < -0.4 is 5.32 Å². The van der Waals surface area contributed by atoms with Gasteiger partial charge in [0.2, 0.25) is 0 Å². The number of nitrogens with one attached hydrogen (secondary N) is 1. The van der Waals surface area contributed by atoms with Gasteiger partial charge >= 0.3 is 5.97 Å². The van der Waals surface area contributed by atoms with Gasteiger partial charge in [0.25, 0.3) is 5.91 Å². The van der Waals surface area contributed by atoms with Gasteiger partial charge in [-0.3, -0.25) is 10.1 Å². The number of hydrogen-bond donors (Lipinski definition) is 1. The first-order valence-electron chi connectivity index (χ1n) is 9.70. The summed E-state index contributed by atoms with van der Waals surface area (Å²) in [6.07, 6.45) is 9.29. The van der Waals surface area contributed by atoms with Gasteiger partial charge in [-0.1, -0.05) is 37.5 Å². The summed E-state index contributed by atoms with van der Waals surface area (Å²) in [7, 11) is 1.26. The molecule has 1 N–H and O–H groups in total. The smallest absolute Gasteiger partial charge is 0.331 e. The molecule has 2 aliphatic rings. The highest BCUT2D eigenvalue weighted by atomic mass is 32.2. The monoisotopic (exact) mass is 415 g/mol. The Morgan fingerprint density at radius 2 is 2.14 bits per heavy atom. The first kappa shape index (κ1) is 21.3. The molecule has 0 unspecified atom stereocenters.